The lowest BCUT2D eigenvalue weighted by Gasteiger charge is -1.91. The third-order valence-corrected chi connectivity index (χ3v) is 0.978. The van der Waals surface area contributed by atoms with Crippen LogP contribution >= 0.6 is 0 Å². The van der Waals surface area contributed by atoms with Crippen LogP contribution in [0, 0.1) is 0 Å². The summed E-state index contributed by atoms with van der Waals surface area (Å²) in [6, 6.07) is -0.759. The summed E-state index contributed by atoms with van der Waals surface area (Å²) in [6.45, 7) is 5.63. The highest BCUT2D eigenvalue weighted by Crippen LogP contribution is 1.88. The van der Waals surface area contributed by atoms with Crippen LogP contribution in [0.15, 0.2) is 0 Å². The zero-order valence-electron chi connectivity index (χ0n) is 6.39. The summed E-state index contributed by atoms with van der Waals surface area (Å²) in [5, 5.41) is 4.44. The van der Waals surface area contributed by atoms with E-state index in [9.17, 15) is 9.59 Å². The molecule has 3 amide bonds. The summed E-state index contributed by atoms with van der Waals surface area (Å²) in [7, 11) is 0. The number of hydrogen-bond acceptors (Lipinski definition) is 2. The number of nitrogens with one attached hydrogen (secondary N) is 2. The van der Waals surface area contributed by atoms with E-state index >= 15 is 0 Å². The molecule has 4 nitrogen and oxygen atoms in total. The van der Waals surface area contributed by atoms with Gasteiger partial charge in [-0.25, -0.2) is 4.79 Å². The fourth-order valence-corrected chi connectivity index (χ4v) is 0.518. The van der Waals surface area contributed by atoms with Crippen LogP contribution in [0.1, 0.15) is 20.8 Å². The molecule has 10 heavy (non-hydrogen) atoms. The van der Waals surface area contributed by atoms with Gasteiger partial charge >= 0.3 is 6.03 Å². The zero-order chi connectivity index (χ0) is 8.15. The van der Waals surface area contributed by atoms with Gasteiger partial charge in [-0.1, -0.05) is 13.8 Å². The molecule has 0 saturated carbocycles. The first kappa shape index (κ1) is 8.94. The van der Waals surface area contributed by atoms with Crippen LogP contribution in [-0.4, -0.2) is 18.0 Å². The number of imide groups is 1. The summed E-state index contributed by atoms with van der Waals surface area (Å²) >= 11 is 0. The number of carbonyl (C=O) groups is 2. The van der Waals surface area contributed by atoms with Gasteiger partial charge < -0.3 is 5.32 Å². The van der Waals surface area contributed by atoms with E-state index in [0.717, 1.165) is 0 Å². The number of hydrogen-bond donors (Lipinski definition) is 2. The second-order valence-corrected chi connectivity index (χ2v) is 1.68. The van der Waals surface area contributed by atoms with Crippen molar-refractivity contribution in [3.8, 4) is 0 Å². The molecule has 1 saturated heterocycles. The molecule has 1 heterocycles. The Morgan fingerprint density at radius 2 is 1.80 bits per heavy atom. The van der Waals surface area contributed by atoms with E-state index in [4.69, 9.17) is 0 Å². The molecule has 0 aromatic heterocycles. The summed E-state index contributed by atoms with van der Waals surface area (Å²) in [5.74, 6) is -0.255. The first-order valence-electron chi connectivity index (χ1n) is 3.31. The summed E-state index contributed by atoms with van der Waals surface area (Å²) in [5.41, 5.74) is 0. The Morgan fingerprint density at radius 3 is 1.90 bits per heavy atom. The van der Waals surface area contributed by atoms with Crippen LogP contribution in [0.2, 0.25) is 0 Å². The highest BCUT2D eigenvalue weighted by atomic mass is 16.2. The van der Waals surface area contributed by atoms with E-state index in [-0.39, 0.29) is 11.9 Å². The Hall–Kier alpha value is -1.06. The van der Waals surface area contributed by atoms with Gasteiger partial charge in [0.05, 0.1) is 0 Å². The third-order valence-electron chi connectivity index (χ3n) is 0.978. The molecule has 1 aliphatic heterocycles. The average Bonchev–Trinajstić information content (AvgIpc) is 2.16. The molecule has 1 fully saturated rings. The second-order valence-electron chi connectivity index (χ2n) is 1.68. The fraction of sp³-hybridized carbons (Fsp3) is 0.667. The summed E-state index contributed by atoms with van der Waals surface area (Å²) in [4.78, 5) is 20.6. The second kappa shape index (κ2) is 3.87. The minimum absolute atomic E-state index is 0.255. The van der Waals surface area contributed by atoms with Crippen molar-refractivity contribution in [2.24, 2.45) is 0 Å². The summed E-state index contributed by atoms with van der Waals surface area (Å²) < 4.78 is 0. The number of urea groups is 1. The topological polar surface area (TPSA) is 58.2 Å². The smallest absolute Gasteiger partial charge is 0.322 e. The third kappa shape index (κ3) is 2.05. The molecule has 1 rings (SSSR count). The standard InChI is InChI=1S/C4H6N2O2.C2H6/c1-2-3(7)6-4(8)5-2;1-2/h2H,1H3,(H2,5,6,7,8);1-2H3. The van der Waals surface area contributed by atoms with Crippen molar-refractivity contribution in [2.75, 3.05) is 0 Å². The van der Waals surface area contributed by atoms with Crippen molar-refractivity contribution in [1.82, 2.24) is 10.6 Å². The molecule has 0 bridgehead atoms. The lowest BCUT2D eigenvalue weighted by molar-refractivity contribution is -0.119. The van der Waals surface area contributed by atoms with Gasteiger partial charge in [0.1, 0.15) is 6.04 Å². The van der Waals surface area contributed by atoms with Gasteiger partial charge in [-0.15, -0.1) is 0 Å². The monoisotopic (exact) mass is 144 g/mol. The molecule has 1 unspecified atom stereocenters. The van der Waals surface area contributed by atoms with E-state index in [1.807, 2.05) is 13.8 Å². The number of amides is 3. The van der Waals surface area contributed by atoms with Gasteiger partial charge in [0.15, 0.2) is 0 Å². The van der Waals surface area contributed by atoms with Crippen molar-refractivity contribution >= 4 is 11.9 Å². The first-order valence-corrected chi connectivity index (χ1v) is 3.31. The van der Waals surface area contributed by atoms with E-state index in [2.05, 4.69) is 10.6 Å². The lowest BCUT2D eigenvalue weighted by atomic mass is 10.4. The van der Waals surface area contributed by atoms with E-state index in [1.165, 1.54) is 0 Å². The first-order chi connectivity index (χ1) is 4.70. The number of rotatable bonds is 0. The van der Waals surface area contributed by atoms with Gasteiger partial charge in [0.25, 0.3) is 0 Å². The molecule has 1 atom stereocenters. The predicted molar refractivity (Wildman–Crippen MR) is 37.5 cm³/mol. The maximum absolute atomic E-state index is 10.4. The molecule has 58 valence electrons. The Kier molecular flexibility index (Phi) is 3.46. The Labute approximate surface area is 60.0 Å². The SMILES string of the molecule is CC.CC1NC(=O)NC1=O. The molecule has 0 spiro atoms. The van der Waals surface area contributed by atoms with E-state index in [1.54, 1.807) is 6.92 Å². The van der Waals surface area contributed by atoms with Gasteiger partial charge in [-0.3, -0.25) is 10.1 Å². The maximum atomic E-state index is 10.4. The lowest BCUT2D eigenvalue weighted by Crippen LogP contribution is -2.24. The van der Waals surface area contributed by atoms with Crippen LogP contribution < -0.4 is 10.6 Å². The Balaban J connectivity index is 0.000000371. The molecule has 4 heteroatoms. The summed E-state index contributed by atoms with van der Waals surface area (Å²) in [6.07, 6.45) is 0. The van der Waals surface area contributed by atoms with E-state index < -0.39 is 6.03 Å². The quantitative estimate of drug-likeness (QED) is 0.478. The largest absolute Gasteiger partial charge is 0.326 e. The van der Waals surface area contributed by atoms with Gasteiger partial charge in [0, 0.05) is 0 Å². The highest BCUT2D eigenvalue weighted by molar-refractivity contribution is 6.03. The minimum atomic E-state index is -0.400. The van der Waals surface area contributed by atoms with Gasteiger partial charge in [0.2, 0.25) is 5.91 Å². The fourth-order valence-electron chi connectivity index (χ4n) is 0.518. The van der Waals surface area contributed by atoms with Gasteiger partial charge in [-0.2, -0.15) is 0 Å². The molecule has 0 aliphatic carbocycles. The Morgan fingerprint density at radius 1 is 1.30 bits per heavy atom. The van der Waals surface area contributed by atoms with Gasteiger partial charge in [-0.05, 0) is 6.92 Å². The van der Waals surface area contributed by atoms with Crippen molar-refractivity contribution in [3.05, 3.63) is 0 Å². The molecule has 0 aromatic carbocycles. The van der Waals surface area contributed by atoms with Crippen LogP contribution in [0.5, 0.6) is 0 Å². The predicted octanol–water partition coefficient (Wildman–Crippen LogP) is 0.241. The molecule has 2 N–H and O–H groups in total. The van der Waals surface area contributed by atoms with E-state index in [0.29, 0.717) is 0 Å². The average molecular weight is 144 g/mol. The number of carbonyl (C=O) groups excluding carboxylic acids is 2. The molecular formula is C6H12N2O2. The molecule has 0 aromatic rings. The normalized spacial score (nSPS) is 22.5. The van der Waals surface area contributed by atoms with Crippen molar-refractivity contribution in [1.29, 1.82) is 0 Å². The minimum Gasteiger partial charge on any atom is -0.326 e. The zero-order valence-corrected chi connectivity index (χ0v) is 6.39. The highest BCUT2D eigenvalue weighted by Gasteiger charge is 2.24. The van der Waals surface area contributed by atoms with Crippen molar-refractivity contribution < 1.29 is 9.59 Å². The van der Waals surface area contributed by atoms with Crippen molar-refractivity contribution in [3.63, 3.8) is 0 Å². The van der Waals surface area contributed by atoms with Crippen LogP contribution in [0.4, 0.5) is 4.79 Å². The Bertz CT molecular complexity index is 145. The van der Waals surface area contributed by atoms with Crippen LogP contribution in [-0.2, 0) is 4.79 Å². The molecular weight excluding hydrogens is 132 g/mol. The molecule has 1 aliphatic rings. The molecule has 0 radical (unpaired) electrons. The van der Waals surface area contributed by atoms with Crippen LogP contribution in [0.25, 0.3) is 0 Å². The maximum Gasteiger partial charge on any atom is 0.322 e. The van der Waals surface area contributed by atoms with Crippen molar-refractivity contribution in [2.45, 2.75) is 26.8 Å². The van der Waals surface area contributed by atoms with Crippen LogP contribution in [0.3, 0.4) is 0 Å².